The number of rotatable bonds is 5. The molecule has 4 rings (SSSR count). The summed E-state index contributed by atoms with van der Waals surface area (Å²) in [6.07, 6.45) is 1.51. The van der Waals surface area contributed by atoms with Crippen molar-refractivity contribution < 1.29 is 4.79 Å². The van der Waals surface area contributed by atoms with Crippen molar-refractivity contribution >= 4 is 5.91 Å². The zero-order valence-electron chi connectivity index (χ0n) is 15.3. The van der Waals surface area contributed by atoms with E-state index in [1.54, 1.807) is 0 Å². The van der Waals surface area contributed by atoms with Crippen LogP contribution in [0.3, 0.4) is 0 Å². The lowest BCUT2D eigenvalue weighted by Crippen LogP contribution is -2.48. The van der Waals surface area contributed by atoms with E-state index >= 15 is 0 Å². The van der Waals surface area contributed by atoms with E-state index in [1.807, 2.05) is 48.5 Å². The van der Waals surface area contributed by atoms with Crippen LogP contribution in [0.1, 0.15) is 28.3 Å². The van der Waals surface area contributed by atoms with Gasteiger partial charge in [-0.25, -0.2) is 0 Å². The molecule has 0 fully saturated rings. The minimum absolute atomic E-state index is 0.0416. The van der Waals surface area contributed by atoms with Crippen molar-refractivity contribution in [2.75, 3.05) is 0 Å². The maximum atomic E-state index is 13.0. The standard InChI is InChI=1S/C24H24N2O/c27-24(23-16-20-13-7-8-14-21(20)17-25-23)26-22(19-11-5-2-6-12-19)15-18-9-3-1-4-10-18/h1-14,22-23,25H,15-17H2,(H,26,27). The van der Waals surface area contributed by atoms with E-state index < -0.39 is 0 Å². The van der Waals surface area contributed by atoms with Crippen LogP contribution in [0.4, 0.5) is 0 Å². The third-order valence-electron chi connectivity index (χ3n) is 5.20. The third-order valence-corrected chi connectivity index (χ3v) is 5.20. The van der Waals surface area contributed by atoms with Gasteiger partial charge in [0.05, 0.1) is 12.1 Å². The first-order chi connectivity index (χ1) is 13.3. The molecule has 2 unspecified atom stereocenters. The molecule has 0 aromatic heterocycles. The fourth-order valence-corrected chi connectivity index (χ4v) is 3.70. The van der Waals surface area contributed by atoms with Crippen LogP contribution in [-0.2, 0) is 24.2 Å². The maximum absolute atomic E-state index is 13.0. The minimum atomic E-state index is -0.193. The summed E-state index contributed by atoms with van der Waals surface area (Å²) in [5.41, 5.74) is 4.89. The van der Waals surface area contributed by atoms with Crippen molar-refractivity contribution in [2.45, 2.75) is 31.5 Å². The Morgan fingerprint density at radius 3 is 2.26 bits per heavy atom. The van der Waals surface area contributed by atoms with Crippen molar-refractivity contribution in [1.82, 2.24) is 10.6 Å². The minimum Gasteiger partial charge on any atom is -0.348 e. The smallest absolute Gasteiger partial charge is 0.237 e. The SMILES string of the molecule is O=C(NC(Cc1ccccc1)c1ccccc1)C1Cc2ccccc2CN1. The lowest BCUT2D eigenvalue weighted by molar-refractivity contribution is -0.124. The van der Waals surface area contributed by atoms with Crippen LogP contribution in [-0.4, -0.2) is 11.9 Å². The molecule has 3 aromatic rings. The van der Waals surface area contributed by atoms with Gasteiger partial charge in [0.1, 0.15) is 0 Å². The van der Waals surface area contributed by atoms with E-state index in [0.29, 0.717) is 0 Å². The Hall–Kier alpha value is -2.91. The van der Waals surface area contributed by atoms with Crippen molar-refractivity contribution in [3.8, 4) is 0 Å². The molecule has 1 heterocycles. The second kappa shape index (κ2) is 8.19. The molecule has 1 aliphatic heterocycles. The summed E-state index contributed by atoms with van der Waals surface area (Å²) in [6.45, 7) is 0.739. The van der Waals surface area contributed by atoms with Crippen LogP contribution in [0, 0.1) is 0 Å². The van der Waals surface area contributed by atoms with Crippen molar-refractivity contribution in [3.05, 3.63) is 107 Å². The molecule has 0 bridgehead atoms. The quantitative estimate of drug-likeness (QED) is 0.730. The number of fused-ring (bicyclic) bond motifs is 1. The van der Waals surface area contributed by atoms with Gasteiger partial charge in [-0.3, -0.25) is 4.79 Å². The first-order valence-corrected chi connectivity index (χ1v) is 9.49. The van der Waals surface area contributed by atoms with Crippen molar-refractivity contribution in [2.24, 2.45) is 0 Å². The monoisotopic (exact) mass is 356 g/mol. The van der Waals surface area contributed by atoms with E-state index in [1.165, 1.54) is 16.7 Å². The van der Waals surface area contributed by atoms with Crippen LogP contribution in [0.2, 0.25) is 0 Å². The van der Waals surface area contributed by atoms with Gasteiger partial charge in [0, 0.05) is 6.54 Å². The van der Waals surface area contributed by atoms with E-state index in [4.69, 9.17) is 0 Å². The highest BCUT2D eigenvalue weighted by atomic mass is 16.2. The number of hydrogen-bond donors (Lipinski definition) is 2. The largest absolute Gasteiger partial charge is 0.348 e. The second-order valence-electron chi connectivity index (χ2n) is 7.07. The Kier molecular flexibility index (Phi) is 5.31. The van der Waals surface area contributed by atoms with Crippen molar-refractivity contribution in [3.63, 3.8) is 0 Å². The molecule has 0 spiro atoms. The maximum Gasteiger partial charge on any atom is 0.237 e. The van der Waals surface area contributed by atoms with E-state index in [2.05, 4.69) is 47.0 Å². The first-order valence-electron chi connectivity index (χ1n) is 9.49. The average molecular weight is 356 g/mol. The van der Waals surface area contributed by atoms with Crippen LogP contribution in [0.5, 0.6) is 0 Å². The number of carbonyl (C=O) groups is 1. The highest BCUT2D eigenvalue weighted by Crippen LogP contribution is 2.20. The normalized spacial score (nSPS) is 17.0. The summed E-state index contributed by atoms with van der Waals surface area (Å²) in [5.74, 6) is 0.0642. The Labute approximate surface area is 160 Å². The van der Waals surface area contributed by atoms with Gasteiger partial charge in [-0.15, -0.1) is 0 Å². The Bertz CT molecular complexity index is 893. The Morgan fingerprint density at radius 2 is 1.52 bits per heavy atom. The number of carbonyl (C=O) groups excluding carboxylic acids is 1. The summed E-state index contributed by atoms with van der Waals surface area (Å²) in [6, 6.07) is 28.6. The van der Waals surface area contributed by atoms with E-state index in [0.717, 1.165) is 24.9 Å². The van der Waals surface area contributed by atoms with Crippen LogP contribution < -0.4 is 10.6 Å². The fraction of sp³-hybridized carbons (Fsp3) is 0.208. The summed E-state index contributed by atoms with van der Waals surface area (Å²) < 4.78 is 0. The Morgan fingerprint density at radius 1 is 0.889 bits per heavy atom. The average Bonchev–Trinajstić information content (AvgIpc) is 2.74. The van der Waals surface area contributed by atoms with Gasteiger partial charge in [0.25, 0.3) is 0 Å². The molecule has 3 aromatic carbocycles. The summed E-state index contributed by atoms with van der Waals surface area (Å²) in [7, 11) is 0. The fourth-order valence-electron chi connectivity index (χ4n) is 3.70. The molecule has 3 heteroatoms. The molecule has 3 nitrogen and oxygen atoms in total. The zero-order chi connectivity index (χ0) is 18.5. The van der Waals surface area contributed by atoms with Gasteiger partial charge in [-0.05, 0) is 35.1 Å². The summed E-state index contributed by atoms with van der Waals surface area (Å²) in [4.78, 5) is 13.0. The van der Waals surface area contributed by atoms with Gasteiger partial charge in [0.2, 0.25) is 5.91 Å². The molecule has 1 aliphatic rings. The number of amides is 1. The first kappa shape index (κ1) is 17.5. The number of hydrogen-bond acceptors (Lipinski definition) is 2. The molecule has 1 amide bonds. The number of nitrogens with one attached hydrogen (secondary N) is 2. The lowest BCUT2D eigenvalue weighted by atomic mass is 9.94. The molecule has 136 valence electrons. The molecule has 0 radical (unpaired) electrons. The van der Waals surface area contributed by atoms with E-state index in [9.17, 15) is 4.79 Å². The zero-order valence-corrected chi connectivity index (χ0v) is 15.3. The molecule has 27 heavy (non-hydrogen) atoms. The molecular weight excluding hydrogens is 332 g/mol. The highest BCUT2D eigenvalue weighted by molar-refractivity contribution is 5.83. The molecule has 0 aliphatic carbocycles. The molecule has 0 saturated heterocycles. The summed E-state index contributed by atoms with van der Waals surface area (Å²) >= 11 is 0. The molecule has 2 atom stereocenters. The van der Waals surface area contributed by atoms with Gasteiger partial charge < -0.3 is 10.6 Å². The highest BCUT2D eigenvalue weighted by Gasteiger charge is 2.26. The second-order valence-corrected chi connectivity index (χ2v) is 7.07. The van der Waals surface area contributed by atoms with Gasteiger partial charge >= 0.3 is 0 Å². The third kappa shape index (κ3) is 4.26. The molecule has 0 saturated carbocycles. The predicted octanol–water partition coefficient (Wildman–Crippen LogP) is 3.80. The molecular formula is C24H24N2O. The molecule has 2 N–H and O–H groups in total. The van der Waals surface area contributed by atoms with Crippen LogP contribution in [0.25, 0.3) is 0 Å². The summed E-state index contributed by atoms with van der Waals surface area (Å²) in [5, 5.41) is 6.66. The Balaban J connectivity index is 1.50. The predicted molar refractivity (Wildman–Crippen MR) is 108 cm³/mol. The van der Waals surface area contributed by atoms with Gasteiger partial charge in [-0.2, -0.15) is 0 Å². The van der Waals surface area contributed by atoms with Gasteiger partial charge in [0.15, 0.2) is 0 Å². The van der Waals surface area contributed by atoms with Gasteiger partial charge in [-0.1, -0.05) is 84.9 Å². The van der Waals surface area contributed by atoms with Crippen LogP contribution in [0.15, 0.2) is 84.9 Å². The lowest BCUT2D eigenvalue weighted by Gasteiger charge is -2.28. The number of benzene rings is 3. The van der Waals surface area contributed by atoms with E-state index in [-0.39, 0.29) is 18.0 Å². The topological polar surface area (TPSA) is 41.1 Å². The van der Waals surface area contributed by atoms with Crippen molar-refractivity contribution in [1.29, 1.82) is 0 Å². The van der Waals surface area contributed by atoms with Crippen LogP contribution >= 0.6 is 0 Å².